The summed E-state index contributed by atoms with van der Waals surface area (Å²) in [6.45, 7) is 5.40. The SMILES string of the molecule is Cc1ccc(S(=O)(=O)N(C)CC(=O)N(Cc2ccccc2C)[C@@H](C)C(=O)NC2CCCC2)cc1. The predicted molar refractivity (Wildman–Crippen MR) is 133 cm³/mol. The number of benzene rings is 2. The molecule has 3 rings (SSSR count). The average Bonchev–Trinajstić information content (AvgIpc) is 3.31. The van der Waals surface area contributed by atoms with Gasteiger partial charge < -0.3 is 10.2 Å². The fourth-order valence-electron chi connectivity index (χ4n) is 4.20. The summed E-state index contributed by atoms with van der Waals surface area (Å²) >= 11 is 0. The molecule has 1 aliphatic rings. The fourth-order valence-corrected chi connectivity index (χ4v) is 5.32. The Balaban J connectivity index is 1.80. The minimum Gasteiger partial charge on any atom is -0.352 e. The lowest BCUT2D eigenvalue weighted by atomic mass is 10.1. The van der Waals surface area contributed by atoms with E-state index < -0.39 is 22.0 Å². The first-order chi connectivity index (χ1) is 16.1. The van der Waals surface area contributed by atoms with E-state index in [4.69, 9.17) is 0 Å². The first kappa shape index (κ1) is 25.9. The van der Waals surface area contributed by atoms with Gasteiger partial charge in [-0.2, -0.15) is 4.31 Å². The van der Waals surface area contributed by atoms with Crippen LogP contribution in [0.5, 0.6) is 0 Å². The summed E-state index contributed by atoms with van der Waals surface area (Å²) in [4.78, 5) is 28.1. The largest absolute Gasteiger partial charge is 0.352 e. The first-order valence-electron chi connectivity index (χ1n) is 11.8. The fraction of sp³-hybridized carbons (Fsp3) is 0.462. The van der Waals surface area contributed by atoms with Gasteiger partial charge in [0, 0.05) is 19.6 Å². The number of hydrogen-bond donors (Lipinski definition) is 1. The van der Waals surface area contributed by atoms with Gasteiger partial charge >= 0.3 is 0 Å². The summed E-state index contributed by atoms with van der Waals surface area (Å²) in [5, 5.41) is 3.06. The van der Waals surface area contributed by atoms with E-state index in [1.165, 1.54) is 24.1 Å². The molecule has 1 aliphatic carbocycles. The minimum absolute atomic E-state index is 0.130. The van der Waals surface area contributed by atoms with Crippen LogP contribution in [0.25, 0.3) is 0 Å². The molecule has 2 aromatic rings. The third kappa shape index (κ3) is 6.24. The highest BCUT2D eigenvalue weighted by molar-refractivity contribution is 7.89. The number of carbonyl (C=O) groups excluding carboxylic acids is 2. The van der Waals surface area contributed by atoms with Crippen molar-refractivity contribution in [2.75, 3.05) is 13.6 Å². The van der Waals surface area contributed by atoms with Crippen molar-refractivity contribution in [2.45, 2.75) is 70.0 Å². The maximum absolute atomic E-state index is 13.4. The lowest BCUT2D eigenvalue weighted by Gasteiger charge is -2.31. The standard InChI is InChI=1S/C26H35N3O4S/c1-19-13-15-24(16-14-19)34(32,33)28(4)18-25(30)29(17-22-10-6-5-9-20(22)2)21(3)26(31)27-23-11-7-8-12-23/h5-6,9-10,13-16,21,23H,7-8,11-12,17-18H2,1-4H3,(H,27,31)/t21-/m0/s1. The van der Waals surface area contributed by atoms with Gasteiger partial charge in [-0.05, 0) is 56.9 Å². The normalized spacial score (nSPS) is 15.3. The van der Waals surface area contributed by atoms with Gasteiger partial charge in [0.05, 0.1) is 11.4 Å². The Morgan fingerprint density at radius 2 is 1.65 bits per heavy atom. The highest BCUT2D eigenvalue weighted by Gasteiger charge is 2.31. The topological polar surface area (TPSA) is 86.8 Å². The second-order valence-electron chi connectivity index (χ2n) is 9.19. The van der Waals surface area contributed by atoms with Gasteiger partial charge in [0.2, 0.25) is 21.8 Å². The molecular formula is C26H35N3O4S. The monoisotopic (exact) mass is 485 g/mol. The molecule has 0 aromatic heterocycles. The molecule has 8 heteroatoms. The summed E-state index contributed by atoms with van der Waals surface area (Å²) in [6.07, 6.45) is 4.07. The van der Waals surface area contributed by atoms with Crippen molar-refractivity contribution in [3.63, 3.8) is 0 Å². The van der Waals surface area contributed by atoms with Crippen LogP contribution in [0.2, 0.25) is 0 Å². The summed E-state index contributed by atoms with van der Waals surface area (Å²) in [5.74, 6) is -0.631. The van der Waals surface area contributed by atoms with Crippen LogP contribution in [0.3, 0.4) is 0 Å². The van der Waals surface area contributed by atoms with Gasteiger partial charge in [-0.3, -0.25) is 9.59 Å². The number of nitrogens with one attached hydrogen (secondary N) is 1. The minimum atomic E-state index is -3.84. The van der Waals surface area contributed by atoms with E-state index in [1.807, 2.05) is 38.1 Å². The lowest BCUT2D eigenvalue weighted by molar-refractivity contribution is -0.140. The molecule has 0 spiro atoms. The van der Waals surface area contributed by atoms with E-state index in [-0.39, 0.29) is 29.9 Å². The van der Waals surface area contributed by atoms with Crippen LogP contribution < -0.4 is 5.32 Å². The predicted octanol–water partition coefficient (Wildman–Crippen LogP) is 3.40. The molecule has 2 amide bonds. The van der Waals surface area contributed by atoms with Crippen LogP contribution in [0, 0.1) is 13.8 Å². The third-order valence-corrected chi connectivity index (χ3v) is 8.38. The van der Waals surface area contributed by atoms with Gasteiger partial charge in [-0.15, -0.1) is 0 Å². The Morgan fingerprint density at radius 1 is 1.03 bits per heavy atom. The summed E-state index contributed by atoms with van der Waals surface area (Å²) in [5.41, 5.74) is 2.87. The zero-order valence-corrected chi connectivity index (χ0v) is 21.3. The second kappa shape index (κ2) is 11.1. The molecule has 7 nitrogen and oxygen atoms in total. The Hall–Kier alpha value is -2.71. The zero-order chi connectivity index (χ0) is 24.9. The lowest BCUT2D eigenvalue weighted by Crippen LogP contribution is -2.52. The number of amides is 2. The smallest absolute Gasteiger partial charge is 0.243 e. The number of likely N-dealkylation sites (N-methyl/N-ethyl adjacent to an activating group) is 1. The summed E-state index contributed by atoms with van der Waals surface area (Å²) < 4.78 is 27.1. The quantitative estimate of drug-likeness (QED) is 0.590. The Kier molecular flexibility index (Phi) is 8.49. The van der Waals surface area contributed by atoms with E-state index in [9.17, 15) is 18.0 Å². The number of sulfonamides is 1. The van der Waals surface area contributed by atoms with Crippen molar-refractivity contribution in [3.8, 4) is 0 Å². The van der Waals surface area contributed by atoms with Crippen LogP contribution >= 0.6 is 0 Å². The van der Waals surface area contributed by atoms with E-state index in [2.05, 4.69) is 5.32 Å². The molecule has 1 saturated carbocycles. The number of hydrogen-bond acceptors (Lipinski definition) is 4. The number of rotatable bonds is 9. The van der Waals surface area contributed by atoms with Crippen LogP contribution in [0.15, 0.2) is 53.4 Å². The van der Waals surface area contributed by atoms with E-state index >= 15 is 0 Å². The molecule has 1 atom stereocenters. The second-order valence-corrected chi connectivity index (χ2v) is 11.2. The van der Waals surface area contributed by atoms with E-state index in [0.29, 0.717) is 0 Å². The number of aryl methyl sites for hydroxylation is 2. The van der Waals surface area contributed by atoms with Crippen molar-refractivity contribution < 1.29 is 18.0 Å². The van der Waals surface area contributed by atoms with Crippen LogP contribution in [-0.2, 0) is 26.2 Å². The molecular weight excluding hydrogens is 450 g/mol. The molecule has 0 bridgehead atoms. The van der Waals surface area contributed by atoms with Gasteiger partial charge in [0.15, 0.2) is 0 Å². The van der Waals surface area contributed by atoms with Crippen molar-refractivity contribution in [1.82, 2.24) is 14.5 Å². The molecule has 34 heavy (non-hydrogen) atoms. The highest BCUT2D eigenvalue weighted by Crippen LogP contribution is 2.20. The molecule has 0 heterocycles. The molecule has 0 aliphatic heterocycles. The van der Waals surface area contributed by atoms with Gasteiger partial charge in [0.1, 0.15) is 6.04 Å². The Labute approximate surface area is 203 Å². The van der Waals surface area contributed by atoms with Crippen LogP contribution in [0.4, 0.5) is 0 Å². The maximum atomic E-state index is 13.4. The van der Waals surface area contributed by atoms with Crippen molar-refractivity contribution in [3.05, 3.63) is 65.2 Å². The van der Waals surface area contributed by atoms with Crippen LogP contribution in [0.1, 0.15) is 49.3 Å². The summed E-state index contributed by atoms with van der Waals surface area (Å²) in [6, 6.07) is 13.6. The summed E-state index contributed by atoms with van der Waals surface area (Å²) in [7, 11) is -2.45. The molecule has 1 N–H and O–H groups in total. The van der Waals surface area contributed by atoms with Crippen LogP contribution in [-0.4, -0.2) is 55.1 Å². The zero-order valence-electron chi connectivity index (χ0n) is 20.5. The molecule has 0 saturated heterocycles. The van der Waals surface area contributed by atoms with Gasteiger partial charge in [-0.1, -0.05) is 54.8 Å². The molecule has 2 aromatic carbocycles. The average molecular weight is 486 g/mol. The van der Waals surface area contributed by atoms with Crippen molar-refractivity contribution in [2.24, 2.45) is 0 Å². The molecule has 0 radical (unpaired) electrons. The number of carbonyl (C=O) groups is 2. The Morgan fingerprint density at radius 3 is 2.26 bits per heavy atom. The van der Waals surface area contributed by atoms with E-state index in [0.717, 1.165) is 46.7 Å². The third-order valence-electron chi connectivity index (χ3n) is 6.56. The molecule has 184 valence electrons. The Bertz CT molecular complexity index is 1110. The van der Waals surface area contributed by atoms with Crippen molar-refractivity contribution >= 4 is 21.8 Å². The highest BCUT2D eigenvalue weighted by atomic mass is 32.2. The van der Waals surface area contributed by atoms with E-state index in [1.54, 1.807) is 19.1 Å². The molecule has 1 fully saturated rings. The molecule has 0 unspecified atom stereocenters. The van der Waals surface area contributed by atoms with Crippen molar-refractivity contribution in [1.29, 1.82) is 0 Å². The first-order valence-corrected chi connectivity index (χ1v) is 13.2. The van der Waals surface area contributed by atoms with Gasteiger partial charge in [-0.25, -0.2) is 8.42 Å². The maximum Gasteiger partial charge on any atom is 0.243 e. The number of nitrogens with zero attached hydrogens (tertiary/aromatic N) is 2. The van der Waals surface area contributed by atoms with Gasteiger partial charge in [0.25, 0.3) is 0 Å².